The van der Waals surface area contributed by atoms with Gasteiger partial charge in [0.25, 0.3) is 0 Å². The fourth-order valence-corrected chi connectivity index (χ4v) is 3.32. The van der Waals surface area contributed by atoms with E-state index in [1.807, 2.05) is 47.8 Å². The van der Waals surface area contributed by atoms with Crippen molar-refractivity contribution in [3.63, 3.8) is 0 Å². The number of carboxylic acids is 1. The van der Waals surface area contributed by atoms with Gasteiger partial charge in [0.1, 0.15) is 0 Å². The number of carbonyl (C=O) groups excluding carboxylic acids is 1. The summed E-state index contributed by atoms with van der Waals surface area (Å²) < 4.78 is 0. The third-order valence-corrected chi connectivity index (χ3v) is 4.63. The van der Waals surface area contributed by atoms with Crippen molar-refractivity contribution < 1.29 is 14.7 Å². The third kappa shape index (κ3) is 3.48. The van der Waals surface area contributed by atoms with Crippen molar-refractivity contribution in [2.45, 2.75) is 25.3 Å². The first-order chi connectivity index (χ1) is 11.1. The number of hydrogen-bond donors (Lipinski definition) is 1. The van der Waals surface area contributed by atoms with Crippen molar-refractivity contribution in [2.24, 2.45) is 5.10 Å². The highest BCUT2D eigenvalue weighted by Gasteiger charge is 2.33. The van der Waals surface area contributed by atoms with E-state index in [0.717, 1.165) is 16.2 Å². The summed E-state index contributed by atoms with van der Waals surface area (Å²) in [5, 5.41) is 16.7. The van der Waals surface area contributed by atoms with Crippen LogP contribution in [0, 0.1) is 0 Å². The molecule has 0 bridgehead atoms. The number of aliphatic carboxylic acids is 1. The van der Waals surface area contributed by atoms with Crippen LogP contribution in [0.4, 0.5) is 0 Å². The van der Waals surface area contributed by atoms with E-state index in [-0.39, 0.29) is 24.8 Å². The maximum absolute atomic E-state index is 12.4. The van der Waals surface area contributed by atoms with Crippen LogP contribution < -0.4 is 0 Å². The summed E-state index contributed by atoms with van der Waals surface area (Å²) >= 11 is 1.59. The van der Waals surface area contributed by atoms with Gasteiger partial charge in [0, 0.05) is 12.8 Å². The normalized spacial score (nSPS) is 17.1. The van der Waals surface area contributed by atoms with Gasteiger partial charge in [-0.3, -0.25) is 9.59 Å². The van der Waals surface area contributed by atoms with Gasteiger partial charge in [0.2, 0.25) is 5.91 Å². The minimum Gasteiger partial charge on any atom is -0.481 e. The zero-order valence-corrected chi connectivity index (χ0v) is 13.2. The molecule has 0 saturated heterocycles. The minimum atomic E-state index is -0.976. The van der Waals surface area contributed by atoms with Gasteiger partial charge in [-0.25, -0.2) is 5.01 Å². The smallest absolute Gasteiger partial charge is 0.303 e. The lowest BCUT2D eigenvalue weighted by Crippen LogP contribution is -2.27. The molecule has 1 amide bonds. The molecular weight excluding hydrogens is 312 g/mol. The molecule has 1 N–H and O–H groups in total. The zero-order valence-electron chi connectivity index (χ0n) is 12.4. The molecule has 1 aromatic heterocycles. The van der Waals surface area contributed by atoms with Crippen molar-refractivity contribution in [1.29, 1.82) is 0 Å². The fraction of sp³-hybridized carbons (Fsp3) is 0.235. The molecule has 2 aromatic rings. The maximum atomic E-state index is 12.4. The number of hydrazone groups is 1. The average molecular weight is 328 g/mol. The van der Waals surface area contributed by atoms with E-state index in [9.17, 15) is 9.59 Å². The van der Waals surface area contributed by atoms with Crippen LogP contribution in [0.15, 0.2) is 52.9 Å². The highest BCUT2D eigenvalue weighted by molar-refractivity contribution is 7.12. The van der Waals surface area contributed by atoms with Gasteiger partial charge in [0.05, 0.1) is 23.1 Å². The Morgan fingerprint density at radius 1 is 1.17 bits per heavy atom. The van der Waals surface area contributed by atoms with Crippen LogP contribution in [0.5, 0.6) is 0 Å². The van der Waals surface area contributed by atoms with Crippen LogP contribution in [0.2, 0.25) is 0 Å². The number of rotatable bonds is 5. The predicted octanol–water partition coefficient (Wildman–Crippen LogP) is 3.29. The number of carboxylic acid groups (broad SMARTS) is 1. The van der Waals surface area contributed by atoms with E-state index in [1.54, 1.807) is 11.3 Å². The van der Waals surface area contributed by atoms with Gasteiger partial charge in [-0.05, 0) is 17.0 Å². The van der Waals surface area contributed by atoms with Crippen molar-refractivity contribution in [1.82, 2.24) is 5.01 Å². The lowest BCUT2D eigenvalue weighted by Gasteiger charge is -2.21. The highest BCUT2D eigenvalue weighted by Crippen LogP contribution is 2.34. The molecule has 1 unspecified atom stereocenters. The Morgan fingerprint density at radius 3 is 2.61 bits per heavy atom. The first-order valence-electron chi connectivity index (χ1n) is 7.35. The fourth-order valence-electron chi connectivity index (χ4n) is 2.60. The Morgan fingerprint density at radius 2 is 1.96 bits per heavy atom. The summed E-state index contributed by atoms with van der Waals surface area (Å²) in [7, 11) is 0. The van der Waals surface area contributed by atoms with E-state index in [4.69, 9.17) is 5.11 Å². The molecule has 3 rings (SSSR count). The average Bonchev–Trinajstić information content (AvgIpc) is 3.22. The van der Waals surface area contributed by atoms with Crippen molar-refractivity contribution in [3.05, 3.63) is 58.3 Å². The maximum Gasteiger partial charge on any atom is 0.303 e. The predicted molar refractivity (Wildman–Crippen MR) is 88.4 cm³/mol. The van der Waals surface area contributed by atoms with Crippen LogP contribution in [0.1, 0.15) is 35.7 Å². The number of nitrogens with zero attached hydrogens (tertiary/aromatic N) is 2. The summed E-state index contributed by atoms with van der Waals surface area (Å²) in [5.74, 6) is -1.23. The van der Waals surface area contributed by atoms with Crippen molar-refractivity contribution in [3.8, 4) is 0 Å². The summed E-state index contributed by atoms with van der Waals surface area (Å²) in [6.45, 7) is 0. The zero-order chi connectivity index (χ0) is 16.2. The summed E-state index contributed by atoms with van der Waals surface area (Å²) in [6, 6.07) is 13.5. The lowest BCUT2D eigenvalue weighted by atomic mass is 10.0. The van der Waals surface area contributed by atoms with Gasteiger partial charge < -0.3 is 5.11 Å². The molecule has 6 heteroatoms. The van der Waals surface area contributed by atoms with Gasteiger partial charge in [-0.1, -0.05) is 36.4 Å². The van der Waals surface area contributed by atoms with E-state index >= 15 is 0 Å². The van der Waals surface area contributed by atoms with Gasteiger partial charge in [-0.15, -0.1) is 11.3 Å². The molecule has 0 spiro atoms. The Bertz CT molecular complexity index is 726. The van der Waals surface area contributed by atoms with E-state index in [1.165, 1.54) is 5.01 Å². The number of thiophene rings is 1. The second-order valence-electron chi connectivity index (χ2n) is 5.29. The van der Waals surface area contributed by atoms with Crippen LogP contribution in [0.3, 0.4) is 0 Å². The molecule has 0 saturated carbocycles. The molecule has 5 nitrogen and oxygen atoms in total. The topological polar surface area (TPSA) is 70.0 Å². The quantitative estimate of drug-likeness (QED) is 0.915. The third-order valence-electron chi connectivity index (χ3n) is 3.71. The van der Waals surface area contributed by atoms with Crippen LogP contribution in [-0.2, 0) is 9.59 Å². The largest absolute Gasteiger partial charge is 0.481 e. The highest BCUT2D eigenvalue weighted by atomic mass is 32.1. The molecule has 118 valence electrons. The molecule has 0 fully saturated rings. The molecule has 1 aromatic carbocycles. The lowest BCUT2D eigenvalue weighted by molar-refractivity contribution is -0.141. The molecule has 1 atom stereocenters. The number of hydrogen-bond acceptors (Lipinski definition) is 4. The summed E-state index contributed by atoms with van der Waals surface area (Å²) in [4.78, 5) is 24.2. The molecule has 1 aliphatic heterocycles. The minimum absolute atomic E-state index is 0.0418. The monoisotopic (exact) mass is 328 g/mol. The molecule has 1 aliphatic rings. The van der Waals surface area contributed by atoms with Crippen molar-refractivity contribution >= 4 is 28.9 Å². The first-order valence-corrected chi connectivity index (χ1v) is 8.23. The van der Waals surface area contributed by atoms with E-state index in [0.29, 0.717) is 6.42 Å². The van der Waals surface area contributed by atoms with Crippen LogP contribution in [-0.4, -0.2) is 27.7 Å². The van der Waals surface area contributed by atoms with Crippen LogP contribution >= 0.6 is 11.3 Å². The van der Waals surface area contributed by atoms with E-state index in [2.05, 4.69) is 5.10 Å². The number of amides is 1. The first kappa shape index (κ1) is 15.4. The molecule has 0 aliphatic carbocycles. The SMILES string of the molecule is O=C(O)CCC(=O)N1N=C(c2cccs2)CC1c1ccccc1. The Hall–Kier alpha value is -2.47. The van der Waals surface area contributed by atoms with Gasteiger partial charge in [-0.2, -0.15) is 5.10 Å². The Labute approximate surface area is 137 Å². The molecule has 0 radical (unpaired) electrons. The molecule has 2 heterocycles. The second kappa shape index (κ2) is 6.75. The summed E-state index contributed by atoms with van der Waals surface area (Å²) in [5.41, 5.74) is 1.88. The molecular formula is C17H16N2O3S. The van der Waals surface area contributed by atoms with Crippen LogP contribution in [0.25, 0.3) is 0 Å². The van der Waals surface area contributed by atoms with Crippen molar-refractivity contribution in [2.75, 3.05) is 0 Å². The standard InChI is InChI=1S/C17H16N2O3S/c20-16(8-9-17(21)22)19-14(12-5-2-1-3-6-12)11-13(18-19)15-7-4-10-23-15/h1-7,10,14H,8-9,11H2,(H,21,22). The molecule has 23 heavy (non-hydrogen) atoms. The second-order valence-corrected chi connectivity index (χ2v) is 6.23. The van der Waals surface area contributed by atoms with Gasteiger partial charge >= 0.3 is 5.97 Å². The van der Waals surface area contributed by atoms with E-state index < -0.39 is 5.97 Å². The Kier molecular flexibility index (Phi) is 4.52. The number of benzene rings is 1. The van der Waals surface area contributed by atoms with Gasteiger partial charge in [0.15, 0.2) is 0 Å². The number of carbonyl (C=O) groups is 2. The Balaban J connectivity index is 1.86. The summed E-state index contributed by atoms with van der Waals surface area (Å²) in [6.07, 6.45) is 0.421.